The third kappa shape index (κ3) is 3.41. The summed E-state index contributed by atoms with van der Waals surface area (Å²) < 4.78 is 0. The van der Waals surface area contributed by atoms with Gasteiger partial charge in [0, 0.05) is 12.4 Å². The first kappa shape index (κ1) is 18.3. The lowest BCUT2D eigenvalue weighted by Gasteiger charge is -1.98. The van der Waals surface area contributed by atoms with Crippen molar-refractivity contribution in [2.75, 3.05) is 0 Å². The Morgan fingerprint density at radius 3 is 2.07 bits per heavy atom. The molecular formula is C16H12N8O4. The predicted molar refractivity (Wildman–Crippen MR) is 97.4 cm³/mol. The van der Waals surface area contributed by atoms with Crippen molar-refractivity contribution in [1.82, 2.24) is 29.9 Å². The summed E-state index contributed by atoms with van der Waals surface area (Å²) in [6.07, 6.45) is 5.11. The van der Waals surface area contributed by atoms with E-state index in [0.717, 1.165) is 0 Å². The van der Waals surface area contributed by atoms with Gasteiger partial charge in [0.05, 0.1) is 23.6 Å². The van der Waals surface area contributed by atoms with E-state index >= 15 is 0 Å². The Bertz CT molecular complexity index is 1220. The SMILES string of the molecule is NC(=O)c1ccnc2c(=O)[nH]cnc12.NC(=O)c1nccc2c(=O)[nH]cnc12. The second-order valence-electron chi connectivity index (χ2n) is 5.30. The molecule has 0 unspecified atom stereocenters. The van der Waals surface area contributed by atoms with Crippen molar-refractivity contribution in [1.29, 1.82) is 0 Å². The number of primary amides is 2. The zero-order valence-corrected chi connectivity index (χ0v) is 14.0. The summed E-state index contributed by atoms with van der Waals surface area (Å²) in [4.78, 5) is 64.4. The lowest BCUT2D eigenvalue weighted by molar-refractivity contribution is 0.0990. The molecule has 0 saturated carbocycles. The minimum absolute atomic E-state index is 0.00796. The van der Waals surface area contributed by atoms with Gasteiger partial charge in [-0.15, -0.1) is 0 Å². The van der Waals surface area contributed by atoms with Gasteiger partial charge in [0.25, 0.3) is 22.9 Å². The average molecular weight is 380 g/mol. The molecule has 140 valence electrons. The number of carbonyl (C=O) groups excluding carboxylic acids is 2. The van der Waals surface area contributed by atoms with Gasteiger partial charge in [0.1, 0.15) is 11.0 Å². The van der Waals surface area contributed by atoms with Crippen LogP contribution in [0.3, 0.4) is 0 Å². The molecule has 6 N–H and O–H groups in total. The summed E-state index contributed by atoms with van der Waals surface area (Å²) in [5.41, 5.74) is 10.2. The molecule has 0 aliphatic heterocycles. The average Bonchev–Trinajstić information content (AvgIpc) is 2.68. The van der Waals surface area contributed by atoms with Crippen molar-refractivity contribution in [3.05, 3.63) is 69.1 Å². The minimum atomic E-state index is -0.700. The number of pyridine rings is 2. The molecular weight excluding hydrogens is 368 g/mol. The van der Waals surface area contributed by atoms with Gasteiger partial charge in [-0.2, -0.15) is 0 Å². The minimum Gasteiger partial charge on any atom is -0.366 e. The first-order chi connectivity index (χ1) is 13.4. The fourth-order valence-corrected chi connectivity index (χ4v) is 2.35. The normalized spacial score (nSPS) is 10.3. The van der Waals surface area contributed by atoms with Crippen LogP contribution in [0.15, 0.2) is 46.8 Å². The largest absolute Gasteiger partial charge is 0.366 e. The van der Waals surface area contributed by atoms with Crippen LogP contribution >= 0.6 is 0 Å². The van der Waals surface area contributed by atoms with E-state index in [9.17, 15) is 19.2 Å². The van der Waals surface area contributed by atoms with Crippen molar-refractivity contribution in [2.45, 2.75) is 0 Å². The highest BCUT2D eigenvalue weighted by Gasteiger charge is 2.11. The molecule has 12 heteroatoms. The predicted octanol–water partition coefficient (Wildman–Crippen LogP) is -1.17. The van der Waals surface area contributed by atoms with Crippen LogP contribution in [0.25, 0.3) is 21.9 Å². The standard InChI is InChI=1S/2C8H6N4O2/c9-7(13)6-5-4(1-2-10-6)8(14)12-3-11-5;9-7(13)4-1-2-10-6-5(4)11-3-12-8(6)14/h2*1-3H,(H2,9,13)(H,11,12,14). The number of aromatic nitrogens is 6. The number of rotatable bonds is 2. The molecule has 0 saturated heterocycles. The van der Waals surface area contributed by atoms with Gasteiger partial charge in [0.15, 0.2) is 11.2 Å². The quantitative estimate of drug-likeness (QED) is 0.333. The summed E-state index contributed by atoms with van der Waals surface area (Å²) >= 11 is 0. The fourth-order valence-electron chi connectivity index (χ4n) is 2.35. The van der Waals surface area contributed by atoms with E-state index in [1.807, 2.05) is 0 Å². The molecule has 4 aromatic rings. The molecule has 0 radical (unpaired) electrons. The van der Waals surface area contributed by atoms with Crippen molar-refractivity contribution in [3.63, 3.8) is 0 Å². The number of nitrogens with zero attached hydrogens (tertiary/aromatic N) is 4. The molecule has 0 aliphatic carbocycles. The van der Waals surface area contributed by atoms with Gasteiger partial charge < -0.3 is 21.4 Å². The lowest BCUT2D eigenvalue weighted by atomic mass is 10.2. The smallest absolute Gasteiger partial charge is 0.277 e. The second kappa shape index (κ2) is 7.41. The summed E-state index contributed by atoms with van der Waals surface area (Å²) in [6, 6.07) is 2.91. The topological polar surface area (TPSA) is 203 Å². The highest BCUT2D eigenvalue weighted by atomic mass is 16.2. The molecule has 0 atom stereocenters. The molecule has 0 aromatic carbocycles. The van der Waals surface area contributed by atoms with E-state index in [1.165, 1.54) is 37.2 Å². The Balaban J connectivity index is 0.000000161. The Morgan fingerprint density at radius 1 is 0.750 bits per heavy atom. The maximum Gasteiger partial charge on any atom is 0.277 e. The monoisotopic (exact) mass is 380 g/mol. The zero-order valence-electron chi connectivity index (χ0n) is 14.0. The van der Waals surface area contributed by atoms with Crippen molar-refractivity contribution in [3.8, 4) is 0 Å². The molecule has 2 amide bonds. The van der Waals surface area contributed by atoms with Gasteiger partial charge in [-0.3, -0.25) is 19.2 Å². The van der Waals surface area contributed by atoms with E-state index in [0.29, 0.717) is 5.39 Å². The number of aromatic amines is 2. The van der Waals surface area contributed by atoms with E-state index in [2.05, 4.69) is 29.9 Å². The van der Waals surface area contributed by atoms with Crippen molar-refractivity contribution >= 4 is 33.8 Å². The summed E-state index contributed by atoms with van der Waals surface area (Å²) in [6.45, 7) is 0. The number of carbonyl (C=O) groups is 2. The lowest BCUT2D eigenvalue weighted by Crippen LogP contribution is -2.16. The number of H-pyrrole nitrogens is 2. The fraction of sp³-hybridized carbons (Fsp3) is 0. The third-order valence-electron chi connectivity index (χ3n) is 3.59. The van der Waals surface area contributed by atoms with E-state index in [-0.39, 0.29) is 33.4 Å². The number of nitrogens with two attached hydrogens (primary N) is 2. The van der Waals surface area contributed by atoms with Gasteiger partial charge in [-0.05, 0) is 12.1 Å². The summed E-state index contributed by atoms with van der Waals surface area (Å²) in [5.74, 6) is -1.33. The number of amides is 2. The maximum absolute atomic E-state index is 11.3. The number of nitrogens with one attached hydrogen (secondary N) is 2. The van der Waals surface area contributed by atoms with Crippen LogP contribution in [-0.2, 0) is 0 Å². The van der Waals surface area contributed by atoms with Crippen molar-refractivity contribution in [2.24, 2.45) is 11.5 Å². The molecule has 4 rings (SSSR count). The number of fused-ring (bicyclic) bond motifs is 2. The first-order valence-electron chi connectivity index (χ1n) is 7.64. The molecule has 4 aromatic heterocycles. The van der Waals surface area contributed by atoms with Crippen molar-refractivity contribution < 1.29 is 9.59 Å². The second-order valence-corrected chi connectivity index (χ2v) is 5.30. The van der Waals surface area contributed by atoms with Gasteiger partial charge in [-0.25, -0.2) is 19.9 Å². The third-order valence-corrected chi connectivity index (χ3v) is 3.59. The van der Waals surface area contributed by atoms with E-state index in [1.54, 1.807) is 0 Å². The van der Waals surface area contributed by atoms with Crippen LogP contribution < -0.4 is 22.6 Å². The molecule has 0 bridgehead atoms. The van der Waals surface area contributed by atoms with E-state index in [4.69, 9.17) is 11.5 Å². The van der Waals surface area contributed by atoms with Crippen LogP contribution in [0.4, 0.5) is 0 Å². The molecule has 28 heavy (non-hydrogen) atoms. The number of hydrogen-bond donors (Lipinski definition) is 4. The van der Waals surface area contributed by atoms with Crippen LogP contribution in [0.1, 0.15) is 20.8 Å². The molecule has 4 heterocycles. The molecule has 0 fully saturated rings. The highest BCUT2D eigenvalue weighted by molar-refractivity contribution is 6.03. The maximum atomic E-state index is 11.3. The Hall–Kier alpha value is -4.48. The van der Waals surface area contributed by atoms with Crippen LogP contribution in [-0.4, -0.2) is 41.7 Å². The zero-order chi connectivity index (χ0) is 20.3. The summed E-state index contributed by atoms with van der Waals surface area (Å²) in [5, 5.41) is 0.302. The summed E-state index contributed by atoms with van der Waals surface area (Å²) in [7, 11) is 0. The Kier molecular flexibility index (Phi) is 4.85. The Morgan fingerprint density at radius 2 is 1.39 bits per heavy atom. The van der Waals surface area contributed by atoms with Gasteiger partial charge in [0.2, 0.25) is 0 Å². The number of hydrogen-bond acceptors (Lipinski definition) is 8. The van der Waals surface area contributed by atoms with Crippen LogP contribution in [0.2, 0.25) is 0 Å². The van der Waals surface area contributed by atoms with Crippen LogP contribution in [0.5, 0.6) is 0 Å². The highest BCUT2D eigenvalue weighted by Crippen LogP contribution is 2.09. The molecule has 0 aliphatic rings. The first-order valence-corrected chi connectivity index (χ1v) is 7.64. The van der Waals surface area contributed by atoms with E-state index < -0.39 is 17.4 Å². The Labute approximate surface area is 154 Å². The van der Waals surface area contributed by atoms with Crippen LogP contribution in [0, 0.1) is 0 Å². The molecule has 12 nitrogen and oxygen atoms in total. The van der Waals surface area contributed by atoms with Gasteiger partial charge >= 0.3 is 0 Å². The molecule has 0 spiro atoms. The van der Waals surface area contributed by atoms with Gasteiger partial charge in [-0.1, -0.05) is 0 Å².